The Kier molecular flexibility index (Phi) is 9.98. The Hall–Kier alpha value is 0.388. The van der Waals surface area contributed by atoms with Gasteiger partial charge in [0.1, 0.15) is 11.5 Å². The normalized spacial score (nSPS) is 13.1. The molecule has 0 aliphatic carbocycles. The van der Waals surface area contributed by atoms with Crippen molar-refractivity contribution in [3.63, 3.8) is 0 Å². The van der Waals surface area contributed by atoms with Crippen LogP contribution in [0, 0.1) is 0 Å². The van der Waals surface area contributed by atoms with Crippen molar-refractivity contribution in [1.82, 2.24) is 0 Å². The third-order valence-electron chi connectivity index (χ3n) is 3.18. The zero-order valence-electron chi connectivity index (χ0n) is 12.1. The van der Waals surface area contributed by atoms with Crippen molar-refractivity contribution in [2.75, 3.05) is 0 Å². The summed E-state index contributed by atoms with van der Waals surface area (Å²) in [6, 6.07) is 3.62. The standard InChI is InChI=1S/C14H12Cl4N2O2.2ClH.Pt/c15-7-1-5(21)2-8(16)11(7)13(19)14(20)12-9(17)3-6(22)4-10(12)18;;;/h1-4,13-14,21-22H,19-20H2;2*1H;/q;;;+2/p-2. The number of nitrogens with two attached hydrogens (primary N) is 2. The minimum atomic E-state index is -0.819. The molecule has 0 fully saturated rings. The van der Waals surface area contributed by atoms with Gasteiger partial charge in [-0.15, -0.1) is 0 Å². The summed E-state index contributed by atoms with van der Waals surface area (Å²) >= 11 is 23.8. The fourth-order valence-corrected chi connectivity index (χ4v) is 3.59. The van der Waals surface area contributed by atoms with Gasteiger partial charge in [0.05, 0.1) is 32.2 Å². The number of benzene rings is 2. The minimum absolute atomic E-state index is 0.0831. The molecule has 11 heteroatoms. The number of phenols is 2. The maximum absolute atomic E-state index is 9.46. The Morgan fingerprint density at radius 2 is 0.880 bits per heavy atom. The van der Waals surface area contributed by atoms with Gasteiger partial charge in [-0.1, -0.05) is 46.4 Å². The van der Waals surface area contributed by atoms with E-state index in [1.54, 1.807) is 0 Å². The van der Waals surface area contributed by atoms with Crippen LogP contribution in [0.2, 0.25) is 20.1 Å². The second-order valence-electron chi connectivity index (χ2n) is 4.74. The number of rotatable bonds is 3. The Labute approximate surface area is 181 Å². The van der Waals surface area contributed by atoms with Crippen molar-refractivity contribution in [1.29, 1.82) is 0 Å². The third-order valence-corrected chi connectivity index (χ3v) is 4.43. The van der Waals surface area contributed by atoms with Crippen LogP contribution in [0.5, 0.6) is 11.5 Å². The second kappa shape index (κ2) is 10.7. The first-order chi connectivity index (χ1) is 11.6. The van der Waals surface area contributed by atoms with Crippen molar-refractivity contribution in [3.8, 4) is 11.5 Å². The third kappa shape index (κ3) is 6.20. The Bertz CT molecular complexity index is 642. The zero-order chi connectivity index (χ0) is 19.3. The molecule has 2 atom stereocenters. The number of aromatic hydroxyl groups is 2. The Balaban J connectivity index is 0.000000970. The van der Waals surface area contributed by atoms with E-state index in [2.05, 4.69) is 0 Å². The molecule has 2 rings (SSSR count). The van der Waals surface area contributed by atoms with Gasteiger partial charge >= 0.3 is 35.3 Å². The molecule has 0 saturated carbocycles. The zero-order valence-corrected chi connectivity index (χ0v) is 18.9. The SMILES string of the molecule is NC(c1c(Cl)cc(O)cc1Cl)C(N)c1c(Cl)cc(O)cc1Cl.[Cl][Pt][Cl]. The first kappa shape index (κ1) is 23.4. The number of hydrogen-bond donors (Lipinski definition) is 4. The van der Waals surface area contributed by atoms with Crippen LogP contribution in [0.1, 0.15) is 23.2 Å². The van der Waals surface area contributed by atoms with Gasteiger partial charge in [-0.05, 0) is 24.3 Å². The number of halogens is 6. The van der Waals surface area contributed by atoms with E-state index in [0.717, 1.165) is 0 Å². The molecule has 4 nitrogen and oxygen atoms in total. The Morgan fingerprint density at radius 1 is 0.680 bits per heavy atom. The Morgan fingerprint density at radius 3 is 1.08 bits per heavy atom. The van der Waals surface area contributed by atoms with Crippen molar-refractivity contribution in [3.05, 3.63) is 55.5 Å². The van der Waals surface area contributed by atoms with E-state index in [1.807, 2.05) is 0 Å². The van der Waals surface area contributed by atoms with Gasteiger partial charge in [-0.3, -0.25) is 0 Å². The summed E-state index contributed by atoms with van der Waals surface area (Å²) in [6.07, 6.45) is 0. The predicted molar refractivity (Wildman–Crippen MR) is 102 cm³/mol. The first-order valence-electron chi connectivity index (χ1n) is 6.33. The van der Waals surface area contributed by atoms with Gasteiger partial charge in [-0.25, -0.2) is 0 Å². The van der Waals surface area contributed by atoms with Gasteiger partial charge < -0.3 is 21.7 Å². The quantitative estimate of drug-likeness (QED) is 0.340. The molecule has 0 aliphatic heterocycles. The molecule has 0 aliphatic rings. The van der Waals surface area contributed by atoms with Crippen molar-refractivity contribution in [2.45, 2.75) is 12.1 Å². The summed E-state index contributed by atoms with van der Waals surface area (Å²) in [5, 5.41) is 19.6. The van der Waals surface area contributed by atoms with Crippen LogP contribution in [-0.2, 0) is 16.5 Å². The van der Waals surface area contributed by atoms with Crippen LogP contribution in [0.3, 0.4) is 0 Å². The summed E-state index contributed by atoms with van der Waals surface area (Å²) in [6.45, 7) is 0. The van der Waals surface area contributed by atoms with Crippen LogP contribution in [-0.4, -0.2) is 10.2 Å². The molecule has 0 spiro atoms. The summed E-state index contributed by atoms with van der Waals surface area (Å²) in [7, 11) is 9.75. The van der Waals surface area contributed by atoms with E-state index >= 15 is 0 Å². The van der Waals surface area contributed by atoms with Crippen LogP contribution in [0.15, 0.2) is 24.3 Å². The van der Waals surface area contributed by atoms with Crippen molar-refractivity contribution in [2.24, 2.45) is 11.5 Å². The first-order valence-corrected chi connectivity index (χ1v) is 13.5. The molecule has 0 bridgehead atoms. The monoisotopic (exact) mass is 645 g/mol. The van der Waals surface area contributed by atoms with Gasteiger partial charge in [-0.2, -0.15) is 0 Å². The number of phenolic OH excluding ortho intramolecular Hbond substituents is 2. The molecule has 2 aromatic carbocycles. The molecule has 0 saturated heterocycles. The van der Waals surface area contributed by atoms with Crippen LogP contribution in [0.25, 0.3) is 0 Å². The van der Waals surface area contributed by atoms with Gasteiger partial charge in [0.2, 0.25) is 0 Å². The van der Waals surface area contributed by atoms with Gasteiger partial charge in [0.25, 0.3) is 0 Å². The molecule has 0 heterocycles. The molecule has 25 heavy (non-hydrogen) atoms. The molecule has 6 N–H and O–H groups in total. The van der Waals surface area contributed by atoms with E-state index < -0.39 is 28.6 Å². The maximum atomic E-state index is 9.46. The molecule has 142 valence electrons. The summed E-state index contributed by atoms with van der Waals surface area (Å²) in [4.78, 5) is 0. The fraction of sp³-hybridized carbons (Fsp3) is 0.143. The van der Waals surface area contributed by atoms with E-state index in [0.29, 0.717) is 11.1 Å². The topological polar surface area (TPSA) is 92.5 Å². The molecule has 2 unspecified atom stereocenters. The van der Waals surface area contributed by atoms with E-state index in [4.69, 9.17) is 76.7 Å². The average Bonchev–Trinajstić information content (AvgIpc) is 2.45. The van der Waals surface area contributed by atoms with E-state index in [9.17, 15) is 10.2 Å². The van der Waals surface area contributed by atoms with Gasteiger partial charge in [0, 0.05) is 11.1 Å². The number of hydrogen-bond acceptors (Lipinski definition) is 4. The summed E-state index contributed by atoms with van der Waals surface area (Å²) in [5.41, 5.74) is 13.0. The summed E-state index contributed by atoms with van der Waals surface area (Å²) < 4.78 is 0. The molecule has 2 aromatic rings. The van der Waals surface area contributed by atoms with Gasteiger partial charge in [0.15, 0.2) is 0 Å². The van der Waals surface area contributed by atoms with E-state index in [-0.39, 0.29) is 31.6 Å². The average molecular weight is 648 g/mol. The van der Waals surface area contributed by atoms with E-state index in [1.165, 1.54) is 24.3 Å². The molecular weight excluding hydrogens is 636 g/mol. The molecule has 0 aromatic heterocycles. The molecule has 0 radical (unpaired) electrons. The van der Waals surface area contributed by atoms with Crippen molar-refractivity contribution < 1.29 is 26.7 Å². The van der Waals surface area contributed by atoms with Crippen LogP contribution in [0.4, 0.5) is 0 Å². The summed E-state index contributed by atoms with van der Waals surface area (Å²) in [5.74, 6) is -0.166. The molecule has 0 amide bonds. The molecular formula is C14H12Cl6N2O2Pt. The predicted octanol–water partition coefficient (Wildman–Crippen LogP) is 5.79. The van der Waals surface area contributed by atoms with Crippen LogP contribution < -0.4 is 11.5 Å². The fourth-order valence-electron chi connectivity index (χ4n) is 2.14. The van der Waals surface area contributed by atoms with Crippen molar-refractivity contribution >= 4 is 65.2 Å². The van der Waals surface area contributed by atoms with Crippen LogP contribution >= 0.6 is 65.2 Å². The second-order valence-corrected chi connectivity index (χ2v) is 9.65.